The van der Waals surface area contributed by atoms with Gasteiger partial charge in [-0.25, -0.2) is 0 Å². The zero-order valence-electron chi connectivity index (χ0n) is 15.1. The van der Waals surface area contributed by atoms with Crippen molar-refractivity contribution in [2.75, 3.05) is 0 Å². The van der Waals surface area contributed by atoms with Crippen molar-refractivity contribution in [1.29, 1.82) is 5.26 Å². The van der Waals surface area contributed by atoms with E-state index in [1.54, 1.807) is 0 Å². The quantitative estimate of drug-likeness (QED) is 0.632. The van der Waals surface area contributed by atoms with E-state index in [2.05, 4.69) is 26.5 Å². The van der Waals surface area contributed by atoms with Crippen LogP contribution in [0.5, 0.6) is 0 Å². The number of hydrogen-bond donors (Lipinski definition) is 0. The van der Waals surface area contributed by atoms with Crippen LogP contribution >= 0.6 is 0 Å². The third kappa shape index (κ3) is 2.10. The van der Waals surface area contributed by atoms with Gasteiger partial charge in [-0.15, -0.1) is 0 Å². The first-order valence-electron chi connectivity index (χ1n) is 9.80. The van der Waals surface area contributed by atoms with Gasteiger partial charge >= 0.3 is 0 Å². The van der Waals surface area contributed by atoms with E-state index < -0.39 is 0 Å². The lowest BCUT2D eigenvalue weighted by molar-refractivity contribution is -0.116. The summed E-state index contributed by atoms with van der Waals surface area (Å²) < 4.78 is 0. The van der Waals surface area contributed by atoms with E-state index in [4.69, 9.17) is 0 Å². The first kappa shape index (κ1) is 16.1. The van der Waals surface area contributed by atoms with Crippen LogP contribution in [-0.4, -0.2) is 5.78 Å². The van der Waals surface area contributed by atoms with Crippen molar-refractivity contribution >= 4 is 5.78 Å². The number of allylic oxidation sites excluding steroid dienone is 2. The number of nitriles is 1. The Labute approximate surface area is 146 Å². The number of carbonyl (C=O) groups excluding carboxylic acids is 1. The summed E-state index contributed by atoms with van der Waals surface area (Å²) in [6.45, 7) is 8.95. The molecule has 0 aliphatic heterocycles. The second-order valence-corrected chi connectivity index (χ2v) is 9.02. The van der Waals surface area contributed by atoms with Crippen LogP contribution in [0.25, 0.3) is 0 Å². The topological polar surface area (TPSA) is 40.9 Å². The molecule has 0 aromatic carbocycles. The summed E-state index contributed by atoms with van der Waals surface area (Å²) in [5.41, 5.74) is 2.77. The summed E-state index contributed by atoms with van der Waals surface area (Å²) in [5, 5.41) is 9.72. The standard InChI is InChI=1S/C22H29NO/c1-4-14-10-15-11-16(24)5-6-17(15)18-7-8-22(3)19(21(14)18)9-13(2)20(22)12-23/h11,14,17-21H,2,4-10H2,1,3H3/t14-,17+,18-,19+,20+,21-,22+/m1/s1. The molecule has 0 aromatic rings. The highest BCUT2D eigenvalue weighted by Gasteiger charge is 2.59. The molecule has 4 aliphatic rings. The highest BCUT2D eigenvalue weighted by Crippen LogP contribution is 2.66. The summed E-state index contributed by atoms with van der Waals surface area (Å²) in [6.07, 6.45) is 9.54. The average molecular weight is 323 g/mol. The lowest BCUT2D eigenvalue weighted by Crippen LogP contribution is -2.49. The third-order valence-corrected chi connectivity index (χ3v) is 8.11. The first-order chi connectivity index (χ1) is 11.5. The Kier molecular flexibility index (Phi) is 3.75. The molecule has 0 unspecified atom stereocenters. The minimum absolute atomic E-state index is 0.0471. The molecule has 0 saturated heterocycles. The maximum atomic E-state index is 11.9. The summed E-state index contributed by atoms with van der Waals surface area (Å²) in [5.74, 6) is 3.77. The van der Waals surface area contributed by atoms with Crippen LogP contribution in [0.1, 0.15) is 58.8 Å². The van der Waals surface area contributed by atoms with E-state index in [0.717, 1.165) is 43.9 Å². The lowest BCUT2D eigenvalue weighted by Gasteiger charge is -2.56. The number of nitrogens with zero attached hydrogens (tertiary/aromatic N) is 1. The molecule has 3 fully saturated rings. The molecular weight excluding hydrogens is 294 g/mol. The third-order valence-electron chi connectivity index (χ3n) is 8.11. The van der Waals surface area contributed by atoms with Gasteiger partial charge in [0.15, 0.2) is 5.78 Å². The van der Waals surface area contributed by atoms with Crippen molar-refractivity contribution in [3.63, 3.8) is 0 Å². The first-order valence-corrected chi connectivity index (χ1v) is 9.80. The molecule has 128 valence electrons. The number of fused-ring (bicyclic) bond motifs is 5. The molecule has 0 aromatic heterocycles. The fraction of sp³-hybridized carbons (Fsp3) is 0.727. The van der Waals surface area contributed by atoms with E-state index in [9.17, 15) is 10.1 Å². The Hall–Kier alpha value is -1.36. The Morgan fingerprint density at radius 3 is 2.88 bits per heavy atom. The predicted octanol–water partition coefficient (Wildman–Crippen LogP) is 5.07. The van der Waals surface area contributed by atoms with Crippen LogP contribution in [0.2, 0.25) is 0 Å². The smallest absolute Gasteiger partial charge is 0.155 e. The molecule has 4 aliphatic carbocycles. The molecular formula is C22H29NO. The van der Waals surface area contributed by atoms with Gasteiger partial charge in [0, 0.05) is 6.42 Å². The number of carbonyl (C=O) groups is 1. The second-order valence-electron chi connectivity index (χ2n) is 9.02. The van der Waals surface area contributed by atoms with Crippen molar-refractivity contribution in [2.45, 2.75) is 58.8 Å². The van der Waals surface area contributed by atoms with Gasteiger partial charge in [-0.05, 0) is 73.2 Å². The Morgan fingerprint density at radius 1 is 1.38 bits per heavy atom. The minimum Gasteiger partial charge on any atom is -0.295 e. The van der Waals surface area contributed by atoms with Crippen LogP contribution in [0, 0.1) is 52.3 Å². The Balaban J connectivity index is 1.73. The zero-order valence-corrected chi connectivity index (χ0v) is 15.1. The maximum Gasteiger partial charge on any atom is 0.155 e. The monoisotopic (exact) mass is 323 g/mol. The Morgan fingerprint density at radius 2 is 2.17 bits per heavy atom. The van der Waals surface area contributed by atoms with Crippen molar-refractivity contribution in [2.24, 2.45) is 40.9 Å². The molecule has 0 radical (unpaired) electrons. The molecule has 3 saturated carbocycles. The van der Waals surface area contributed by atoms with Crippen molar-refractivity contribution in [3.8, 4) is 6.07 Å². The lowest BCUT2D eigenvalue weighted by atomic mass is 9.48. The number of hydrogen-bond acceptors (Lipinski definition) is 2. The summed E-state index contributed by atoms with van der Waals surface area (Å²) >= 11 is 0. The fourth-order valence-corrected chi connectivity index (χ4v) is 7.00. The number of ketones is 1. The highest BCUT2D eigenvalue weighted by atomic mass is 16.1. The predicted molar refractivity (Wildman–Crippen MR) is 94.9 cm³/mol. The van der Waals surface area contributed by atoms with Gasteiger partial charge in [-0.3, -0.25) is 4.79 Å². The molecule has 7 atom stereocenters. The SMILES string of the molecule is C=C1C[C@H]2[C@@H]3[C@H](CC)CC4=CC(=O)CC[C@@H]4[C@H]3CC[C@]2(C)[C@H]1C#N. The molecule has 24 heavy (non-hydrogen) atoms. The van der Waals surface area contributed by atoms with Crippen LogP contribution in [0.3, 0.4) is 0 Å². The molecule has 0 spiro atoms. The Bertz CT molecular complexity index is 653. The van der Waals surface area contributed by atoms with Gasteiger partial charge in [0.25, 0.3) is 0 Å². The summed E-state index contributed by atoms with van der Waals surface area (Å²) in [4.78, 5) is 11.9. The summed E-state index contributed by atoms with van der Waals surface area (Å²) in [7, 11) is 0. The molecule has 0 heterocycles. The van der Waals surface area contributed by atoms with E-state index in [-0.39, 0.29) is 11.3 Å². The van der Waals surface area contributed by atoms with Crippen LogP contribution in [-0.2, 0) is 4.79 Å². The van der Waals surface area contributed by atoms with E-state index in [0.29, 0.717) is 23.5 Å². The van der Waals surface area contributed by atoms with E-state index in [1.807, 2.05) is 6.08 Å². The highest BCUT2D eigenvalue weighted by molar-refractivity contribution is 5.91. The number of rotatable bonds is 1. The summed E-state index contributed by atoms with van der Waals surface area (Å²) in [6, 6.07) is 2.59. The zero-order chi connectivity index (χ0) is 17.1. The molecule has 0 amide bonds. The van der Waals surface area contributed by atoms with Crippen LogP contribution in [0.15, 0.2) is 23.8 Å². The molecule has 2 heteroatoms. The maximum absolute atomic E-state index is 11.9. The van der Waals surface area contributed by atoms with Gasteiger partial charge in [0.2, 0.25) is 0 Å². The average Bonchev–Trinajstić information content (AvgIpc) is 2.83. The molecule has 2 nitrogen and oxygen atoms in total. The van der Waals surface area contributed by atoms with Crippen molar-refractivity contribution < 1.29 is 4.79 Å². The minimum atomic E-state index is 0.0471. The van der Waals surface area contributed by atoms with Gasteiger partial charge in [0.1, 0.15) is 0 Å². The largest absolute Gasteiger partial charge is 0.295 e. The fourth-order valence-electron chi connectivity index (χ4n) is 7.00. The van der Waals surface area contributed by atoms with Gasteiger partial charge in [-0.1, -0.05) is 38.0 Å². The van der Waals surface area contributed by atoms with Gasteiger partial charge in [0.05, 0.1) is 12.0 Å². The molecule has 0 bridgehead atoms. The van der Waals surface area contributed by atoms with Gasteiger partial charge < -0.3 is 0 Å². The normalized spacial score (nSPS) is 47.3. The van der Waals surface area contributed by atoms with Crippen molar-refractivity contribution in [1.82, 2.24) is 0 Å². The van der Waals surface area contributed by atoms with E-state index in [1.165, 1.54) is 24.0 Å². The second kappa shape index (κ2) is 5.58. The van der Waals surface area contributed by atoms with E-state index >= 15 is 0 Å². The van der Waals surface area contributed by atoms with Crippen LogP contribution < -0.4 is 0 Å². The molecule has 4 rings (SSSR count). The van der Waals surface area contributed by atoms with Crippen LogP contribution in [0.4, 0.5) is 0 Å². The van der Waals surface area contributed by atoms with Gasteiger partial charge in [-0.2, -0.15) is 5.26 Å². The molecule has 0 N–H and O–H groups in total. The van der Waals surface area contributed by atoms with Crippen molar-refractivity contribution in [3.05, 3.63) is 23.8 Å².